The number of hydrogen-bond donors (Lipinski definition) is 2. The lowest BCUT2D eigenvalue weighted by atomic mass is 10.0. The highest BCUT2D eigenvalue weighted by Crippen LogP contribution is 2.22. The number of benzene rings is 1. The van der Waals surface area contributed by atoms with Crippen LogP contribution in [0, 0.1) is 13.8 Å². The molecule has 0 atom stereocenters. The first-order chi connectivity index (χ1) is 7.66. The normalized spacial score (nSPS) is 15.9. The summed E-state index contributed by atoms with van der Waals surface area (Å²) in [5, 5.41) is 13.3. The Balaban J connectivity index is 2.00. The van der Waals surface area contributed by atoms with Gasteiger partial charge in [-0.2, -0.15) is 0 Å². The number of hydrogen-bond acceptors (Lipinski definition) is 2. The molecule has 1 aliphatic rings. The smallest absolute Gasteiger partial charge is 0.120 e. The van der Waals surface area contributed by atoms with Gasteiger partial charge >= 0.3 is 0 Å². The molecule has 0 aromatic heterocycles. The van der Waals surface area contributed by atoms with Crippen molar-refractivity contribution < 1.29 is 5.11 Å². The Hall–Kier alpha value is -1.28. The van der Waals surface area contributed by atoms with Gasteiger partial charge < -0.3 is 10.4 Å². The average Bonchev–Trinajstić information content (AvgIpc) is 2.74. The fourth-order valence-electron chi connectivity index (χ4n) is 2.04. The van der Waals surface area contributed by atoms with Crippen LogP contribution in [0.1, 0.15) is 29.5 Å². The van der Waals surface area contributed by atoms with Crippen LogP contribution in [0.3, 0.4) is 0 Å². The van der Waals surface area contributed by atoms with E-state index in [2.05, 4.69) is 30.5 Å². The van der Waals surface area contributed by atoms with Crippen molar-refractivity contribution in [2.24, 2.45) is 0 Å². The van der Waals surface area contributed by atoms with Crippen molar-refractivity contribution in [2.75, 3.05) is 0 Å². The van der Waals surface area contributed by atoms with Crippen molar-refractivity contribution in [1.82, 2.24) is 5.32 Å². The molecule has 0 heterocycles. The number of nitrogens with one attached hydrogen (secondary N) is 1. The number of rotatable bonds is 3. The van der Waals surface area contributed by atoms with E-state index in [9.17, 15) is 5.11 Å². The van der Waals surface area contributed by atoms with E-state index in [-0.39, 0.29) is 0 Å². The lowest BCUT2D eigenvalue weighted by Crippen LogP contribution is -2.25. The van der Waals surface area contributed by atoms with Gasteiger partial charge in [0.05, 0.1) is 0 Å². The highest BCUT2D eigenvalue weighted by atomic mass is 16.3. The molecule has 0 bridgehead atoms. The van der Waals surface area contributed by atoms with Gasteiger partial charge in [-0.3, -0.25) is 0 Å². The molecule has 86 valence electrons. The monoisotopic (exact) mass is 217 g/mol. The molecule has 0 spiro atoms. The van der Waals surface area contributed by atoms with Crippen LogP contribution in [0.5, 0.6) is 5.75 Å². The van der Waals surface area contributed by atoms with Crippen molar-refractivity contribution in [2.45, 2.75) is 39.3 Å². The predicted octanol–water partition coefficient (Wildman–Crippen LogP) is 2.82. The van der Waals surface area contributed by atoms with Crippen LogP contribution in [-0.2, 0) is 6.54 Å². The van der Waals surface area contributed by atoms with E-state index in [0.29, 0.717) is 11.8 Å². The average molecular weight is 217 g/mol. The van der Waals surface area contributed by atoms with Crippen LogP contribution in [0.25, 0.3) is 0 Å². The van der Waals surface area contributed by atoms with E-state index < -0.39 is 0 Å². The highest BCUT2D eigenvalue weighted by molar-refractivity contribution is 5.40. The van der Waals surface area contributed by atoms with Crippen molar-refractivity contribution in [3.05, 3.63) is 41.0 Å². The van der Waals surface area contributed by atoms with Crippen molar-refractivity contribution in [1.29, 1.82) is 0 Å². The molecule has 2 rings (SSSR count). The summed E-state index contributed by atoms with van der Waals surface area (Å²) >= 11 is 0. The van der Waals surface area contributed by atoms with Crippen LogP contribution in [-0.4, -0.2) is 11.1 Å². The minimum Gasteiger partial charge on any atom is -0.508 e. The fourth-order valence-corrected chi connectivity index (χ4v) is 2.04. The first kappa shape index (κ1) is 11.2. The van der Waals surface area contributed by atoms with Gasteiger partial charge in [0, 0.05) is 18.2 Å². The second kappa shape index (κ2) is 4.71. The SMILES string of the molecule is Cc1cc(O)c(CNC2CC=CC2)cc1C. The Bertz CT molecular complexity index is 401. The van der Waals surface area contributed by atoms with E-state index in [4.69, 9.17) is 0 Å². The fraction of sp³-hybridized carbons (Fsp3) is 0.429. The lowest BCUT2D eigenvalue weighted by Gasteiger charge is -2.14. The lowest BCUT2D eigenvalue weighted by molar-refractivity contribution is 0.457. The zero-order valence-corrected chi connectivity index (χ0v) is 9.96. The summed E-state index contributed by atoms with van der Waals surface area (Å²) in [5.74, 6) is 0.404. The third-order valence-electron chi connectivity index (χ3n) is 3.28. The van der Waals surface area contributed by atoms with Gasteiger partial charge in [-0.05, 0) is 43.9 Å². The summed E-state index contributed by atoms with van der Waals surface area (Å²) in [4.78, 5) is 0. The Kier molecular flexibility index (Phi) is 3.30. The molecule has 0 saturated carbocycles. The Labute approximate surface area is 97.0 Å². The molecule has 0 saturated heterocycles. The minimum absolute atomic E-state index is 0.404. The largest absolute Gasteiger partial charge is 0.508 e. The Morgan fingerprint density at radius 2 is 1.81 bits per heavy atom. The van der Waals surface area contributed by atoms with Gasteiger partial charge in [-0.15, -0.1) is 0 Å². The van der Waals surface area contributed by atoms with Crippen LogP contribution >= 0.6 is 0 Å². The molecule has 0 fully saturated rings. The molecular weight excluding hydrogens is 198 g/mol. The molecular formula is C14H19NO. The quantitative estimate of drug-likeness (QED) is 0.763. The molecule has 1 aromatic rings. The maximum atomic E-state index is 9.83. The second-order valence-electron chi connectivity index (χ2n) is 4.59. The molecule has 0 unspecified atom stereocenters. The van der Waals surface area contributed by atoms with E-state index >= 15 is 0 Å². The molecule has 0 amide bonds. The third-order valence-corrected chi connectivity index (χ3v) is 3.28. The van der Waals surface area contributed by atoms with Gasteiger partial charge in [0.25, 0.3) is 0 Å². The first-order valence-electron chi connectivity index (χ1n) is 5.84. The van der Waals surface area contributed by atoms with Crippen molar-refractivity contribution in [3.63, 3.8) is 0 Å². The van der Waals surface area contributed by atoms with E-state index in [1.807, 2.05) is 13.0 Å². The summed E-state index contributed by atoms with van der Waals surface area (Å²) in [6, 6.07) is 4.46. The standard InChI is InChI=1S/C14H19NO/c1-10-7-12(14(16)8-11(10)2)9-15-13-5-3-4-6-13/h3-4,7-8,13,15-16H,5-6,9H2,1-2H3. The predicted molar refractivity (Wildman–Crippen MR) is 66.6 cm³/mol. The van der Waals surface area contributed by atoms with E-state index in [1.165, 1.54) is 5.56 Å². The third kappa shape index (κ3) is 2.45. The number of aromatic hydroxyl groups is 1. The number of aryl methyl sites for hydroxylation is 2. The topological polar surface area (TPSA) is 32.3 Å². The Morgan fingerprint density at radius 1 is 1.19 bits per heavy atom. The van der Waals surface area contributed by atoms with Gasteiger partial charge in [-0.25, -0.2) is 0 Å². The highest BCUT2D eigenvalue weighted by Gasteiger charge is 2.10. The van der Waals surface area contributed by atoms with Gasteiger partial charge in [-0.1, -0.05) is 18.2 Å². The number of phenolic OH excluding ortho intramolecular Hbond substituents is 1. The summed E-state index contributed by atoms with van der Waals surface area (Å²) in [5.41, 5.74) is 3.37. The minimum atomic E-state index is 0.404. The molecule has 2 heteroatoms. The van der Waals surface area contributed by atoms with Gasteiger partial charge in [0.2, 0.25) is 0 Å². The zero-order chi connectivity index (χ0) is 11.5. The Morgan fingerprint density at radius 3 is 2.50 bits per heavy atom. The maximum absolute atomic E-state index is 9.83. The molecule has 2 N–H and O–H groups in total. The maximum Gasteiger partial charge on any atom is 0.120 e. The van der Waals surface area contributed by atoms with E-state index in [0.717, 1.165) is 30.5 Å². The van der Waals surface area contributed by atoms with Crippen LogP contribution in [0.15, 0.2) is 24.3 Å². The summed E-state index contributed by atoms with van der Waals surface area (Å²) in [6.45, 7) is 4.85. The molecule has 2 nitrogen and oxygen atoms in total. The van der Waals surface area contributed by atoms with Crippen molar-refractivity contribution >= 4 is 0 Å². The number of phenols is 1. The second-order valence-corrected chi connectivity index (χ2v) is 4.59. The molecule has 16 heavy (non-hydrogen) atoms. The molecule has 0 radical (unpaired) electrons. The molecule has 0 aliphatic heterocycles. The molecule has 1 aliphatic carbocycles. The van der Waals surface area contributed by atoms with Crippen molar-refractivity contribution in [3.8, 4) is 5.75 Å². The summed E-state index contributed by atoms with van der Waals surface area (Å²) in [6.07, 6.45) is 6.62. The zero-order valence-electron chi connectivity index (χ0n) is 9.96. The van der Waals surface area contributed by atoms with Gasteiger partial charge in [0.1, 0.15) is 5.75 Å². The van der Waals surface area contributed by atoms with Gasteiger partial charge in [0.15, 0.2) is 0 Å². The summed E-state index contributed by atoms with van der Waals surface area (Å²) < 4.78 is 0. The van der Waals surface area contributed by atoms with Crippen LogP contribution in [0.2, 0.25) is 0 Å². The first-order valence-corrected chi connectivity index (χ1v) is 5.84. The summed E-state index contributed by atoms with van der Waals surface area (Å²) in [7, 11) is 0. The van der Waals surface area contributed by atoms with Crippen LogP contribution < -0.4 is 5.32 Å². The van der Waals surface area contributed by atoms with Crippen LogP contribution in [0.4, 0.5) is 0 Å². The molecule has 1 aromatic carbocycles. The van der Waals surface area contributed by atoms with E-state index in [1.54, 1.807) is 0 Å².